The minimum Gasteiger partial charge on any atom is -0.516 e. The first kappa shape index (κ1) is 15.4. The van der Waals surface area contributed by atoms with Gasteiger partial charge >= 0.3 is 0 Å². The van der Waals surface area contributed by atoms with Gasteiger partial charge in [0.15, 0.2) is 0 Å². The van der Waals surface area contributed by atoms with Gasteiger partial charge < -0.3 is 20.4 Å². The van der Waals surface area contributed by atoms with Crippen LogP contribution in [0.25, 0.3) is 0 Å². The highest BCUT2D eigenvalue weighted by Crippen LogP contribution is 2.11. The van der Waals surface area contributed by atoms with Gasteiger partial charge in [-0.05, 0) is 45.4 Å². The van der Waals surface area contributed by atoms with E-state index in [0.717, 1.165) is 6.26 Å². The van der Waals surface area contributed by atoms with E-state index in [9.17, 15) is 10.2 Å². The Morgan fingerprint density at radius 3 is 1.88 bits per heavy atom. The molecule has 0 saturated carbocycles. The van der Waals surface area contributed by atoms with Crippen LogP contribution in [0.2, 0.25) is 0 Å². The Morgan fingerprint density at radius 2 is 1.38 bits per heavy atom. The summed E-state index contributed by atoms with van der Waals surface area (Å²) in [5, 5.41) is 36.5. The number of hydrogen-bond donors (Lipinski definition) is 4. The van der Waals surface area contributed by atoms with E-state index in [4.69, 9.17) is 10.2 Å². The smallest absolute Gasteiger partial charge is 0.0751 e. The highest BCUT2D eigenvalue weighted by Gasteiger charge is 2.09. The van der Waals surface area contributed by atoms with Gasteiger partial charge in [-0.25, -0.2) is 0 Å². The summed E-state index contributed by atoms with van der Waals surface area (Å²) in [6, 6.07) is 0. The van der Waals surface area contributed by atoms with Gasteiger partial charge in [-0.15, -0.1) is 0 Å². The van der Waals surface area contributed by atoms with Crippen molar-refractivity contribution in [1.82, 2.24) is 0 Å². The second-order valence-electron chi connectivity index (χ2n) is 4.27. The fourth-order valence-corrected chi connectivity index (χ4v) is 1.47. The molecule has 3 atom stereocenters. The normalized spacial score (nSPS) is 17.5. The van der Waals surface area contributed by atoms with Crippen molar-refractivity contribution in [2.24, 2.45) is 0 Å². The number of hydrogen-bond acceptors (Lipinski definition) is 4. The van der Waals surface area contributed by atoms with Gasteiger partial charge in [0.1, 0.15) is 0 Å². The summed E-state index contributed by atoms with van der Waals surface area (Å²) < 4.78 is 0. The first-order valence-corrected chi connectivity index (χ1v) is 5.89. The molecule has 0 amide bonds. The molecule has 4 heteroatoms. The van der Waals surface area contributed by atoms with Gasteiger partial charge in [-0.2, -0.15) is 0 Å². The minimum absolute atomic E-state index is 0.380. The van der Waals surface area contributed by atoms with Crippen LogP contribution in [-0.2, 0) is 0 Å². The molecule has 4 N–H and O–H groups in total. The summed E-state index contributed by atoms with van der Waals surface area (Å²) in [6.07, 6.45) is 4.81. The molecule has 0 heterocycles. The predicted molar refractivity (Wildman–Crippen MR) is 63.2 cm³/mol. The molecule has 0 fully saturated rings. The zero-order chi connectivity index (χ0) is 12.4. The topological polar surface area (TPSA) is 80.9 Å². The van der Waals surface area contributed by atoms with E-state index in [0.29, 0.717) is 38.5 Å². The zero-order valence-corrected chi connectivity index (χ0v) is 9.92. The summed E-state index contributed by atoms with van der Waals surface area (Å²) in [5.41, 5.74) is 0. The van der Waals surface area contributed by atoms with Crippen LogP contribution in [0.5, 0.6) is 0 Å². The van der Waals surface area contributed by atoms with E-state index < -0.39 is 12.2 Å². The van der Waals surface area contributed by atoms with Crippen LogP contribution >= 0.6 is 0 Å². The van der Waals surface area contributed by atoms with Gasteiger partial charge in [0.05, 0.1) is 24.6 Å². The van der Waals surface area contributed by atoms with Crippen molar-refractivity contribution >= 4 is 0 Å². The quantitative estimate of drug-likeness (QED) is 0.454. The highest BCUT2D eigenvalue weighted by atomic mass is 16.3. The summed E-state index contributed by atoms with van der Waals surface area (Å²) in [7, 11) is 0. The fraction of sp³-hybridized carbons (Fsp3) is 0.833. The molecule has 0 aromatic carbocycles. The van der Waals surface area contributed by atoms with E-state index in [1.54, 1.807) is 13.0 Å². The second kappa shape index (κ2) is 9.63. The minimum atomic E-state index is -0.447. The maximum Gasteiger partial charge on any atom is 0.0751 e. The molecule has 0 spiro atoms. The molecule has 0 bridgehead atoms. The van der Waals surface area contributed by atoms with Crippen LogP contribution in [0, 0.1) is 0 Å². The monoisotopic (exact) mass is 232 g/mol. The van der Waals surface area contributed by atoms with Crippen molar-refractivity contribution < 1.29 is 20.4 Å². The molecule has 0 rings (SSSR count). The third kappa shape index (κ3) is 9.96. The SMILES string of the molecule is CC(O)CCC(O)CCC(O)CC/C=C/O. The number of aliphatic hydroxyl groups is 4. The molecular formula is C12H24O4. The number of rotatable bonds is 9. The predicted octanol–water partition coefficient (Wildman–Crippen LogP) is 1.50. The van der Waals surface area contributed by atoms with E-state index in [1.807, 2.05) is 0 Å². The van der Waals surface area contributed by atoms with Crippen molar-refractivity contribution in [2.75, 3.05) is 0 Å². The third-order valence-electron chi connectivity index (χ3n) is 2.52. The molecule has 0 aliphatic carbocycles. The first-order chi connectivity index (χ1) is 7.56. The Hall–Kier alpha value is -0.580. The van der Waals surface area contributed by atoms with Gasteiger partial charge in [-0.1, -0.05) is 6.08 Å². The van der Waals surface area contributed by atoms with E-state index in [-0.39, 0.29) is 6.10 Å². The fourth-order valence-electron chi connectivity index (χ4n) is 1.47. The number of aliphatic hydroxyl groups excluding tert-OH is 4. The van der Waals surface area contributed by atoms with Crippen LogP contribution in [0.15, 0.2) is 12.3 Å². The Labute approximate surface area is 97.2 Å². The molecule has 0 aromatic rings. The van der Waals surface area contributed by atoms with Crippen molar-refractivity contribution in [1.29, 1.82) is 0 Å². The molecule has 0 aliphatic heterocycles. The lowest BCUT2D eigenvalue weighted by Gasteiger charge is -2.14. The lowest BCUT2D eigenvalue weighted by Crippen LogP contribution is -2.15. The van der Waals surface area contributed by atoms with Crippen molar-refractivity contribution in [3.05, 3.63) is 12.3 Å². The van der Waals surface area contributed by atoms with E-state index in [2.05, 4.69) is 0 Å². The highest BCUT2D eigenvalue weighted by molar-refractivity contribution is 4.73. The Bertz CT molecular complexity index is 180. The Kier molecular flexibility index (Phi) is 9.28. The molecule has 16 heavy (non-hydrogen) atoms. The lowest BCUT2D eigenvalue weighted by molar-refractivity contribution is 0.0899. The molecular weight excluding hydrogens is 208 g/mol. The molecule has 96 valence electrons. The van der Waals surface area contributed by atoms with Crippen LogP contribution in [0.1, 0.15) is 45.4 Å². The second-order valence-corrected chi connectivity index (χ2v) is 4.27. The average Bonchev–Trinajstić information content (AvgIpc) is 2.24. The van der Waals surface area contributed by atoms with Gasteiger partial charge in [0.2, 0.25) is 0 Å². The largest absolute Gasteiger partial charge is 0.516 e. The lowest BCUT2D eigenvalue weighted by atomic mass is 10.0. The zero-order valence-electron chi connectivity index (χ0n) is 9.92. The third-order valence-corrected chi connectivity index (χ3v) is 2.52. The first-order valence-electron chi connectivity index (χ1n) is 5.89. The van der Waals surface area contributed by atoms with Crippen molar-refractivity contribution in [2.45, 2.75) is 63.8 Å². The maximum atomic E-state index is 9.54. The van der Waals surface area contributed by atoms with Gasteiger partial charge in [0.25, 0.3) is 0 Å². The summed E-state index contributed by atoms with van der Waals surface area (Å²) in [4.78, 5) is 0. The Morgan fingerprint density at radius 1 is 0.875 bits per heavy atom. The van der Waals surface area contributed by atoms with E-state index in [1.165, 1.54) is 0 Å². The molecule has 3 unspecified atom stereocenters. The molecule has 0 aromatic heterocycles. The molecule has 0 radical (unpaired) electrons. The summed E-state index contributed by atoms with van der Waals surface area (Å²) in [6.45, 7) is 1.70. The summed E-state index contributed by atoms with van der Waals surface area (Å²) >= 11 is 0. The maximum absolute atomic E-state index is 9.54. The van der Waals surface area contributed by atoms with Crippen molar-refractivity contribution in [3.63, 3.8) is 0 Å². The van der Waals surface area contributed by atoms with Crippen LogP contribution in [0.4, 0.5) is 0 Å². The standard InChI is InChI=1S/C12H24O4/c1-10(14)5-6-12(16)8-7-11(15)4-2-3-9-13/h3,9-16H,2,4-8H2,1H3/b9-3+. The molecule has 4 nitrogen and oxygen atoms in total. The van der Waals surface area contributed by atoms with Crippen LogP contribution < -0.4 is 0 Å². The van der Waals surface area contributed by atoms with Gasteiger partial charge in [0, 0.05) is 0 Å². The average molecular weight is 232 g/mol. The van der Waals surface area contributed by atoms with Crippen LogP contribution in [-0.4, -0.2) is 38.7 Å². The van der Waals surface area contributed by atoms with Crippen molar-refractivity contribution in [3.8, 4) is 0 Å². The van der Waals surface area contributed by atoms with Crippen LogP contribution in [0.3, 0.4) is 0 Å². The number of allylic oxidation sites excluding steroid dienone is 1. The van der Waals surface area contributed by atoms with Gasteiger partial charge in [-0.3, -0.25) is 0 Å². The molecule has 0 saturated heterocycles. The summed E-state index contributed by atoms with van der Waals surface area (Å²) in [5.74, 6) is 0. The Balaban J connectivity index is 3.46. The van der Waals surface area contributed by atoms with E-state index >= 15 is 0 Å². The molecule has 0 aliphatic rings.